The predicted molar refractivity (Wildman–Crippen MR) is 125 cm³/mol. The van der Waals surface area contributed by atoms with Gasteiger partial charge in [-0.25, -0.2) is 24.0 Å². The van der Waals surface area contributed by atoms with E-state index < -0.39 is 71.7 Å². The molecule has 15 nitrogen and oxygen atoms in total. The molecule has 2 heterocycles. The normalized spacial score (nSPS) is 12.1. The first-order valence-electron chi connectivity index (χ1n) is 11.0. The van der Waals surface area contributed by atoms with E-state index in [1.807, 2.05) is 0 Å². The number of esters is 2. The van der Waals surface area contributed by atoms with Crippen LogP contribution < -0.4 is 17.0 Å². The zero-order chi connectivity index (χ0) is 28.6. The number of carbonyl (C=O) groups excluding carboxylic acids is 4. The number of aryl methyl sites for hydroxylation is 2. The van der Waals surface area contributed by atoms with E-state index in [0.29, 0.717) is 11.8 Å². The Morgan fingerprint density at radius 2 is 1.34 bits per heavy atom. The Balaban J connectivity index is 2.10. The highest BCUT2D eigenvalue weighted by Crippen LogP contribution is 2.31. The molecule has 0 bridgehead atoms. The summed E-state index contributed by atoms with van der Waals surface area (Å²) in [6.07, 6.45) is -1.16. The van der Waals surface area contributed by atoms with Crippen molar-refractivity contribution < 1.29 is 55.8 Å². The van der Waals surface area contributed by atoms with Gasteiger partial charge in [-0.1, -0.05) is 13.8 Å². The lowest BCUT2D eigenvalue weighted by Gasteiger charge is -2.31. The van der Waals surface area contributed by atoms with Gasteiger partial charge >= 0.3 is 35.0 Å². The predicted octanol–water partition coefficient (Wildman–Crippen LogP) is 2.54. The second kappa shape index (κ2) is 13.0. The Labute approximate surface area is 219 Å². The third kappa shape index (κ3) is 8.86. The number of alkyl carbamates (subject to hydrolysis) is 1. The number of ether oxygens (including phenoxy) is 4. The van der Waals surface area contributed by atoms with Crippen LogP contribution in [0.5, 0.6) is 0 Å². The Morgan fingerprint density at radius 3 is 1.82 bits per heavy atom. The van der Waals surface area contributed by atoms with Crippen LogP contribution in [-0.2, 0) is 41.8 Å². The van der Waals surface area contributed by atoms with Crippen molar-refractivity contribution in [3.63, 3.8) is 0 Å². The van der Waals surface area contributed by atoms with E-state index in [4.69, 9.17) is 32.2 Å². The molecule has 1 N–H and O–H groups in total. The van der Waals surface area contributed by atoms with Gasteiger partial charge in [0.25, 0.3) is 0 Å². The third-order valence-electron chi connectivity index (χ3n) is 4.74. The Bertz CT molecular complexity index is 1260. The van der Waals surface area contributed by atoms with Crippen LogP contribution in [0, 0.1) is 19.8 Å². The fourth-order valence-corrected chi connectivity index (χ4v) is 3.46. The zero-order valence-corrected chi connectivity index (χ0v) is 22.2. The molecule has 0 aromatic carbocycles. The molecule has 0 unspecified atom stereocenters. The first kappa shape index (κ1) is 30.3. The number of hydrogen-bond donors (Lipinski definition) is 1. The summed E-state index contributed by atoms with van der Waals surface area (Å²) in [6.45, 7) is 7.21. The average molecular weight is 562 g/mol. The second-order valence-corrected chi connectivity index (χ2v) is 10.1. The zero-order valence-electron chi connectivity index (χ0n) is 21.4. The van der Waals surface area contributed by atoms with Crippen LogP contribution in [0.25, 0.3) is 0 Å². The summed E-state index contributed by atoms with van der Waals surface area (Å²) in [6, 6.07) is -1.53. The Hall–Kier alpha value is -3.95. The van der Waals surface area contributed by atoms with Gasteiger partial charge in [-0.05, 0) is 39.5 Å². The monoisotopic (exact) mass is 561 g/mol. The highest BCUT2D eigenvalue weighted by Gasteiger charge is 2.41. The molecule has 2 aromatic rings. The van der Waals surface area contributed by atoms with Crippen LogP contribution in [-0.4, -0.2) is 40.9 Å². The smallest absolute Gasteiger partial charge is 0.456 e. The molecule has 0 aliphatic heterocycles. The third-order valence-corrected chi connectivity index (χ3v) is 5.79. The van der Waals surface area contributed by atoms with Crippen LogP contribution in [0.3, 0.4) is 0 Å². The minimum atomic E-state index is -1.53. The molecule has 0 aliphatic rings. The van der Waals surface area contributed by atoms with Crippen molar-refractivity contribution in [1.29, 1.82) is 0 Å². The van der Waals surface area contributed by atoms with Crippen LogP contribution in [0.1, 0.15) is 50.7 Å². The highest BCUT2D eigenvalue weighted by atomic mass is 32.2. The fourth-order valence-electron chi connectivity index (χ4n) is 2.64. The molecule has 0 saturated heterocycles. The van der Waals surface area contributed by atoms with Crippen molar-refractivity contribution >= 4 is 35.1 Å². The lowest BCUT2D eigenvalue weighted by Crippen LogP contribution is -2.53. The molecule has 1 amide bonds. The maximum absolute atomic E-state index is 12.9. The van der Waals surface area contributed by atoms with Crippen molar-refractivity contribution in [2.24, 2.45) is 5.92 Å². The maximum atomic E-state index is 12.9. The van der Waals surface area contributed by atoms with Gasteiger partial charge in [0.2, 0.25) is 6.79 Å². The quantitative estimate of drug-likeness (QED) is 0.238. The second-order valence-electron chi connectivity index (χ2n) is 8.46. The SMILES string of the molecule is Cc1oc(=O)oc1COC(=O)SC(C)(C)[C@@H](NC(=O)OCOC(=O)C(C)C)C(=O)OCc1oc(=O)oc1C. The summed E-state index contributed by atoms with van der Waals surface area (Å²) in [7, 11) is 0. The van der Waals surface area contributed by atoms with E-state index in [0.717, 1.165) is 0 Å². The number of amides is 1. The number of rotatable bonds is 11. The minimum absolute atomic E-state index is 0.00709. The largest absolute Gasteiger partial charge is 0.519 e. The van der Waals surface area contributed by atoms with Gasteiger partial charge in [-0.3, -0.25) is 4.79 Å². The molecule has 1 atom stereocenters. The highest BCUT2D eigenvalue weighted by molar-refractivity contribution is 8.14. The molecule has 0 fully saturated rings. The van der Waals surface area contributed by atoms with E-state index in [2.05, 4.69) is 9.73 Å². The van der Waals surface area contributed by atoms with Crippen molar-refractivity contribution in [3.8, 4) is 0 Å². The molecule has 0 saturated carbocycles. The van der Waals surface area contributed by atoms with Crippen LogP contribution >= 0.6 is 11.8 Å². The number of hydrogen-bond acceptors (Lipinski definition) is 15. The van der Waals surface area contributed by atoms with Crippen LogP contribution in [0.4, 0.5) is 9.59 Å². The number of thioether (sulfide) groups is 1. The van der Waals surface area contributed by atoms with Gasteiger partial charge in [0, 0.05) is 0 Å². The summed E-state index contributed by atoms with van der Waals surface area (Å²) in [5.41, 5.74) is 0. The molecule has 0 aliphatic carbocycles. The van der Waals surface area contributed by atoms with Gasteiger partial charge < -0.3 is 41.9 Å². The summed E-state index contributed by atoms with van der Waals surface area (Å²) in [4.78, 5) is 71.7. The van der Waals surface area contributed by atoms with Gasteiger partial charge in [-0.2, -0.15) is 0 Å². The van der Waals surface area contributed by atoms with Gasteiger partial charge in [0.1, 0.15) is 6.04 Å². The fraction of sp³-hybridized carbons (Fsp3) is 0.545. The Morgan fingerprint density at radius 1 is 0.816 bits per heavy atom. The standard InChI is InChI=1S/C22H27NO14S/c1-10(2)16(24)32-9-33-18(26)23-15(17(25)30-7-13-11(3)34-19(27)36-13)22(5,6)38-21(29)31-8-14-12(4)35-20(28)37-14/h10,15H,7-9H2,1-6H3,(H,23,26)/t15-/m0/s1. The molecule has 2 aromatic heterocycles. The summed E-state index contributed by atoms with van der Waals surface area (Å²) in [5.74, 6) is -3.94. The lowest BCUT2D eigenvalue weighted by molar-refractivity contribution is -0.156. The molecular weight excluding hydrogens is 534 g/mol. The Kier molecular flexibility index (Phi) is 10.4. The first-order valence-corrected chi connectivity index (χ1v) is 11.8. The number of carbonyl (C=O) groups is 4. The van der Waals surface area contributed by atoms with Gasteiger partial charge in [-0.15, -0.1) is 0 Å². The minimum Gasteiger partial charge on any atom is -0.456 e. The molecule has 2 rings (SSSR count). The molecule has 16 heteroatoms. The average Bonchev–Trinajstić information content (AvgIpc) is 3.31. The van der Waals surface area contributed by atoms with Gasteiger partial charge in [0.15, 0.2) is 36.3 Å². The maximum Gasteiger partial charge on any atom is 0.519 e. The van der Waals surface area contributed by atoms with Crippen molar-refractivity contribution in [1.82, 2.24) is 5.32 Å². The molecule has 0 radical (unpaired) electrons. The molecular formula is C22H27NO14S. The van der Waals surface area contributed by atoms with Crippen LogP contribution in [0.15, 0.2) is 27.3 Å². The van der Waals surface area contributed by atoms with Gasteiger partial charge in [0.05, 0.1) is 10.7 Å². The number of nitrogens with one attached hydrogen (secondary N) is 1. The molecule has 210 valence electrons. The van der Waals surface area contributed by atoms with E-state index in [-0.39, 0.29) is 23.0 Å². The van der Waals surface area contributed by atoms with Crippen LogP contribution in [0.2, 0.25) is 0 Å². The first-order chi connectivity index (χ1) is 17.7. The lowest BCUT2D eigenvalue weighted by atomic mass is 10.0. The van der Waals surface area contributed by atoms with E-state index in [1.54, 1.807) is 13.8 Å². The van der Waals surface area contributed by atoms with Crippen molar-refractivity contribution in [3.05, 3.63) is 44.3 Å². The summed E-state index contributed by atoms with van der Waals surface area (Å²) in [5, 5.41) is 1.37. The molecule has 0 spiro atoms. The molecule has 38 heavy (non-hydrogen) atoms. The van der Waals surface area contributed by atoms with Crippen molar-refractivity contribution in [2.45, 2.75) is 65.5 Å². The van der Waals surface area contributed by atoms with E-state index in [1.165, 1.54) is 27.7 Å². The van der Waals surface area contributed by atoms with E-state index in [9.17, 15) is 28.8 Å². The summed E-state index contributed by atoms with van der Waals surface area (Å²) < 4.78 is 37.3. The summed E-state index contributed by atoms with van der Waals surface area (Å²) >= 11 is 0.514. The van der Waals surface area contributed by atoms with Crippen molar-refractivity contribution in [2.75, 3.05) is 6.79 Å². The topological polar surface area (TPSA) is 204 Å². The van der Waals surface area contributed by atoms with E-state index >= 15 is 0 Å².